The van der Waals surface area contributed by atoms with Crippen LogP contribution in [0.25, 0.3) is 0 Å². The second kappa shape index (κ2) is 18.1. The number of nitrogens with one attached hydrogen (secondary N) is 2. The Hall–Kier alpha value is -3.02. The standard InChI is InChI=1S/C51H70N2O12/c1-30-10-20-40-32(3)44(58-46-50(40)38(30)22-24-48(5,60-46)62-64-50)56-28-34-12-16-36(17-13-34)42(54)52-26-8-7-9-27-53-43(55)37-18-14-35(15-19-37)29-57-45-33(4)41-21-11-31(2)39-23-25-49(6)61-47(59-45)51(39,41)65-63-49/h12-19,30-33,38-41,44-47H,7-11,20-29H2,1-6H3,(H,52,54)(H,53,55)/t30-,31-,32-,33-,38?,39?,40?,41?,44+,45+,46?,47?,48-,49+,50-,51-/m1/s1. The normalized spacial score (nSPS) is 42.6. The van der Waals surface area contributed by atoms with Gasteiger partial charge in [0.15, 0.2) is 36.4 Å². The van der Waals surface area contributed by atoms with Crippen LogP contribution in [0.4, 0.5) is 0 Å². The van der Waals surface area contributed by atoms with Gasteiger partial charge in [-0.15, -0.1) is 0 Å². The Morgan fingerprint density at radius 3 is 1.38 bits per heavy atom. The molecule has 356 valence electrons. The summed E-state index contributed by atoms with van der Waals surface area (Å²) in [5, 5.41) is 6.06. The van der Waals surface area contributed by atoms with Crippen molar-refractivity contribution < 1.29 is 57.6 Å². The van der Waals surface area contributed by atoms with Gasteiger partial charge in [0.2, 0.25) is 11.6 Å². The minimum absolute atomic E-state index is 0.0935. The van der Waals surface area contributed by atoms with E-state index in [-0.39, 0.29) is 35.5 Å². The molecule has 2 N–H and O–H groups in total. The fourth-order valence-electron chi connectivity index (χ4n) is 13.0. The van der Waals surface area contributed by atoms with Gasteiger partial charge in [0.05, 0.1) is 13.2 Å². The summed E-state index contributed by atoms with van der Waals surface area (Å²) < 4.78 is 38.9. The Bertz CT molecular complexity index is 1880. The highest BCUT2D eigenvalue weighted by molar-refractivity contribution is 5.94. The second-order valence-electron chi connectivity index (χ2n) is 21.1. The average Bonchev–Trinajstić information content (AvgIpc) is 3.68. The molecule has 4 bridgehead atoms. The van der Waals surface area contributed by atoms with Crippen LogP contribution in [0, 0.1) is 47.3 Å². The maximum atomic E-state index is 12.9. The molecule has 65 heavy (non-hydrogen) atoms. The zero-order chi connectivity index (χ0) is 45.1. The van der Waals surface area contributed by atoms with E-state index in [4.69, 9.17) is 48.0 Å². The Morgan fingerprint density at radius 1 is 0.554 bits per heavy atom. The smallest absolute Gasteiger partial charge is 0.251 e. The lowest BCUT2D eigenvalue weighted by Crippen LogP contribution is -2.70. The average molecular weight is 903 g/mol. The SMILES string of the molecule is C[C@@H]1CCC2[C@@H](C)[C@@H](OCc3ccc(C(=O)NCCCCCNC(=O)c4ccc(CO[C@H]5OC6O[C@]7(C)CCC8[C@H](C)CCC([C@H]5C)[C@@]68OO7)cc4)cc3)OC3O[C@@]4(C)CCC1[C@]32OO4. The molecule has 16 atom stereocenters. The van der Waals surface area contributed by atoms with Crippen LogP contribution < -0.4 is 10.6 Å². The summed E-state index contributed by atoms with van der Waals surface area (Å²) in [4.78, 5) is 50.3. The molecule has 14 heteroatoms. The van der Waals surface area contributed by atoms with Gasteiger partial charge < -0.3 is 39.1 Å². The number of amides is 2. The number of carbonyl (C=O) groups excluding carboxylic acids is 2. The summed E-state index contributed by atoms with van der Waals surface area (Å²) in [6, 6.07) is 15.1. The molecule has 8 saturated heterocycles. The van der Waals surface area contributed by atoms with Crippen LogP contribution in [0.5, 0.6) is 0 Å². The van der Waals surface area contributed by atoms with Gasteiger partial charge in [0.25, 0.3) is 11.8 Å². The third-order valence-corrected chi connectivity index (χ3v) is 16.9. The molecule has 0 radical (unpaired) electrons. The van der Waals surface area contributed by atoms with Gasteiger partial charge in [-0.25, -0.2) is 19.6 Å². The first-order chi connectivity index (χ1) is 31.3. The van der Waals surface area contributed by atoms with E-state index >= 15 is 0 Å². The van der Waals surface area contributed by atoms with Gasteiger partial charge in [0.1, 0.15) is 0 Å². The van der Waals surface area contributed by atoms with Crippen LogP contribution in [-0.2, 0) is 61.2 Å². The molecule has 10 aliphatic rings. The van der Waals surface area contributed by atoms with Gasteiger partial charge in [-0.1, -0.05) is 52.0 Å². The number of carbonyl (C=O) groups is 2. The minimum Gasteiger partial charge on any atom is -0.352 e. The molecule has 2 aromatic carbocycles. The lowest BCUT2D eigenvalue weighted by molar-refractivity contribution is -0.577. The van der Waals surface area contributed by atoms with Crippen LogP contribution >= 0.6 is 0 Å². The van der Waals surface area contributed by atoms with Crippen molar-refractivity contribution in [3.63, 3.8) is 0 Å². The van der Waals surface area contributed by atoms with Crippen molar-refractivity contribution in [3.05, 3.63) is 70.8 Å². The number of benzene rings is 2. The van der Waals surface area contributed by atoms with Crippen LogP contribution in [-0.4, -0.2) is 72.8 Å². The van der Waals surface area contributed by atoms with Gasteiger partial charge in [-0.05, 0) is 131 Å². The number of rotatable bonds is 14. The first-order valence-electron chi connectivity index (χ1n) is 24.7. The summed E-state index contributed by atoms with van der Waals surface area (Å²) in [6.07, 6.45) is 8.34. The highest BCUT2D eigenvalue weighted by Gasteiger charge is 2.71. The maximum absolute atomic E-state index is 12.9. The lowest BCUT2D eigenvalue weighted by atomic mass is 9.58. The molecule has 10 fully saturated rings. The Kier molecular flexibility index (Phi) is 12.8. The summed E-state index contributed by atoms with van der Waals surface area (Å²) in [7, 11) is 0. The number of ether oxygens (including phenoxy) is 6. The molecule has 14 nitrogen and oxygen atoms in total. The Labute approximate surface area is 383 Å². The summed E-state index contributed by atoms with van der Waals surface area (Å²) in [6.45, 7) is 14.7. The van der Waals surface area contributed by atoms with Gasteiger partial charge in [-0.2, -0.15) is 0 Å². The summed E-state index contributed by atoms with van der Waals surface area (Å²) in [5.74, 6) is 0.340. The molecule has 2 aromatic rings. The van der Waals surface area contributed by atoms with E-state index in [0.717, 1.165) is 81.8 Å². The Morgan fingerprint density at radius 2 is 0.969 bits per heavy atom. The summed E-state index contributed by atoms with van der Waals surface area (Å²) >= 11 is 0. The number of unbranched alkanes of at least 4 members (excludes halogenated alkanes) is 2. The molecule has 2 spiro atoms. The fraction of sp³-hybridized carbons (Fsp3) is 0.725. The predicted molar refractivity (Wildman–Crippen MR) is 235 cm³/mol. The van der Waals surface area contributed by atoms with Crippen molar-refractivity contribution in [1.82, 2.24) is 10.6 Å². The molecule has 2 aliphatic carbocycles. The Balaban J connectivity index is 0.619. The van der Waals surface area contributed by atoms with Crippen molar-refractivity contribution in [3.8, 4) is 0 Å². The van der Waals surface area contributed by atoms with E-state index < -0.39 is 47.9 Å². The minimum atomic E-state index is -0.823. The van der Waals surface area contributed by atoms with Crippen molar-refractivity contribution in [2.24, 2.45) is 47.3 Å². The van der Waals surface area contributed by atoms with Crippen molar-refractivity contribution in [2.75, 3.05) is 13.1 Å². The molecule has 2 amide bonds. The fourth-order valence-corrected chi connectivity index (χ4v) is 13.0. The topological polar surface area (TPSA) is 150 Å². The molecule has 6 unspecified atom stereocenters. The van der Waals surface area contributed by atoms with Gasteiger partial charge in [0, 0.05) is 60.7 Å². The first-order valence-corrected chi connectivity index (χ1v) is 24.7. The molecule has 8 aliphatic heterocycles. The molecular weight excluding hydrogens is 833 g/mol. The number of hydrogen-bond acceptors (Lipinski definition) is 12. The number of fused-ring (bicyclic) bond motifs is 4. The quantitative estimate of drug-likeness (QED) is 0.138. The van der Waals surface area contributed by atoms with Crippen molar-refractivity contribution in [1.29, 1.82) is 0 Å². The van der Waals surface area contributed by atoms with Crippen LogP contribution in [0.1, 0.15) is 144 Å². The highest BCUT2D eigenvalue weighted by atomic mass is 17.3. The number of hydrogen-bond donors (Lipinski definition) is 2. The van der Waals surface area contributed by atoms with E-state index in [1.807, 2.05) is 62.4 Å². The predicted octanol–water partition coefficient (Wildman–Crippen LogP) is 8.47. The second-order valence-corrected chi connectivity index (χ2v) is 21.1. The van der Waals surface area contributed by atoms with Gasteiger partial charge in [-0.3, -0.25) is 9.59 Å². The van der Waals surface area contributed by atoms with Crippen molar-refractivity contribution in [2.45, 2.75) is 173 Å². The van der Waals surface area contributed by atoms with E-state index in [1.165, 1.54) is 0 Å². The zero-order valence-electron chi connectivity index (χ0n) is 39.1. The first kappa shape index (κ1) is 45.7. The van der Waals surface area contributed by atoms with Crippen LogP contribution in [0.2, 0.25) is 0 Å². The largest absolute Gasteiger partial charge is 0.352 e. The third kappa shape index (κ3) is 8.39. The van der Waals surface area contributed by atoms with E-state index in [9.17, 15) is 9.59 Å². The van der Waals surface area contributed by atoms with Crippen LogP contribution in [0.15, 0.2) is 48.5 Å². The maximum Gasteiger partial charge on any atom is 0.251 e. The van der Waals surface area contributed by atoms with Gasteiger partial charge >= 0.3 is 0 Å². The molecule has 12 rings (SSSR count). The van der Waals surface area contributed by atoms with E-state index in [0.29, 0.717) is 61.1 Å². The molecule has 2 saturated carbocycles. The molecular formula is C51H70N2O12. The zero-order valence-corrected chi connectivity index (χ0v) is 39.1. The lowest BCUT2D eigenvalue weighted by Gasteiger charge is -2.60. The van der Waals surface area contributed by atoms with Crippen LogP contribution in [0.3, 0.4) is 0 Å². The van der Waals surface area contributed by atoms with E-state index in [1.54, 1.807) is 0 Å². The van der Waals surface area contributed by atoms with Crippen molar-refractivity contribution >= 4 is 11.8 Å². The third-order valence-electron chi connectivity index (χ3n) is 16.9. The molecule has 8 heterocycles. The molecule has 0 aromatic heterocycles. The monoisotopic (exact) mass is 902 g/mol. The highest BCUT2D eigenvalue weighted by Crippen LogP contribution is 2.62. The van der Waals surface area contributed by atoms with E-state index in [2.05, 4.69) is 38.3 Å². The summed E-state index contributed by atoms with van der Waals surface area (Å²) in [5.41, 5.74) is 1.89.